The quantitative estimate of drug-likeness (QED) is 0.581. The van der Waals surface area contributed by atoms with Crippen molar-refractivity contribution in [2.24, 2.45) is 11.8 Å². The standard InChI is InChI=1S/C15H34O2Si/c1-10-11-14(12(2)3)18(16-8,17-9)15(6,7)13(4)5/h12-14H,10-11H2,1-9H3. The van der Waals surface area contributed by atoms with E-state index in [1.807, 2.05) is 14.2 Å². The summed E-state index contributed by atoms with van der Waals surface area (Å²) >= 11 is 0. The number of hydrogen-bond donors (Lipinski definition) is 0. The fourth-order valence-electron chi connectivity index (χ4n) is 3.07. The van der Waals surface area contributed by atoms with Crippen molar-refractivity contribution in [1.82, 2.24) is 0 Å². The van der Waals surface area contributed by atoms with Gasteiger partial charge in [-0.25, -0.2) is 0 Å². The summed E-state index contributed by atoms with van der Waals surface area (Å²) in [7, 11) is 1.46. The summed E-state index contributed by atoms with van der Waals surface area (Å²) in [4.78, 5) is 0. The monoisotopic (exact) mass is 274 g/mol. The third-order valence-electron chi connectivity index (χ3n) is 4.84. The number of rotatable bonds is 8. The third-order valence-corrected chi connectivity index (χ3v) is 10.4. The van der Waals surface area contributed by atoms with Gasteiger partial charge in [0.2, 0.25) is 0 Å². The molecule has 0 aliphatic heterocycles. The molecular weight excluding hydrogens is 240 g/mol. The molecule has 0 radical (unpaired) electrons. The van der Waals surface area contributed by atoms with Crippen molar-refractivity contribution in [3.8, 4) is 0 Å². The predicted molar refractivity (Wildman–Crippen MR) is 82.1 cm³/mol. The Kier molecular flexibility index (Phi) is 7.12. The minimum Gasteiger partial charge on any atom is -0.397 e. The minimum atomic E-state index is -2.25. The molecule has 0 saturated carbocycles. The second-order valence-electron chi connectivity index (χ2n) is 6.59. The zero-order valence-electron chi connectivity index (χ0n) is 14.0. The molecule has 0 heterocycles. The lowest BCUT2D eigenvalue weighted by atomic mass is 9.99. The fourth-order valence-corrected chi connectivity index (χ4v) is 8.20. The third kappa shape index (κ3) is 3.17. The van der Waals surface area contributed by atoms with Gasteiger partial charge in [0.15, 0.2) is 0 Å². The molecule has 0 bridgehead atoms. The molecule has 0 aromatic carbocycles. The molecule has 0 fully saturated rings. The average molecular weight is 275 g/mol. The van der Waals surface area contributed by atoms with Crippen molar-refractivity contribution in [1.29, 1.82) is 0 Å². The molecule has 0 aliphatic carbocycles. The van der Waals surface area contributed by atoms with Crippen LogP contribution in [0.2, 0.25) is 10.6 Å². The molecule has 0 aromatic heterocycles. The van der Waals surface area contributed by atoms with Gasteiger partial charge in [0.05, 0.1) is 0 Å². The van der Waals surface area contributed by atoms with Gasteiger partial charge in [-0.3, -0.25) is 0 Å². The van der Waals surface area contributed by atoms with E-state index in [1.165, 1.54) is 12.8 Å². The molecular formula is C15H34O2Si. The van der Waals surface area contributed by atoms with E-state index in [0.29, 0.717) is 17.4 Å². The first-order valence-electron chi connectivity index (χ1n) is 7.31. The Hall–Kier alpha value is 0.137. The van der Waals surface area contributed by atoms with Crippen molar-refractivity contribution in [2.75, 3.05) is 14.2 Å². The Balaban J connectivity index is 5.60. The second kappa shape index (κ2) is 7.06. The molecule has 1 atom stereocenters. The van der Waals surface area contributed by atoms with Gasteiger partial charge < -0.3 is 8.85 Å². The summed E-state index contributed by atoms with van der Waals surface area (Å²) in [6, 6.07) is 0. The van der Waals surface area contributed by atoms with Gasteiger partial charge >= 0.3 is 8.56 Å². The Bertz CT molecular complexity index is 233. The van der Waals surface area contributed by atoms with E-state index in [1.54, 1.807) is 0 Å². The van der Waals surface area contributed by atoms with Crippen LogP contribution in [0.3, 0.4) is 0 Å². The van der Waals surface area contributed by atoms with E-state index < -0.39 is 8.56 Å². The first-order chi connectivity index (χ1) is 8.21. The Morgan fingerprint density at radius 2 is 1.44 bits per heavy atom. The zero-order chi connectivity index (χ0) is 14.6. The van der Waals surface area contributed by atoms with Gasteiger partial charge in [-0.15, -0.1) is 0 Å². The molecule has 2 nitrogen and oxygen atoms in total. The van der Waals surface area contributed by atoms with Crippen LogP contribution in [-0.2, 0) is 8.85 Å². The van der Waals surface area contributed by atoms with Gasteiger partial charge in [-0.1, -0.05) is 54.9 Å². The lowest BCUT2D eigenvalue weighted by Gasteiger charge is -2.49. The van der Waals surface area contributed by atoms with Crippen LogP contribution < -0.4 is 0 Å². The van der Waals surface area contributed by atoms with Crippen LogP contribution in [0.1, 0.15) is 61.3 Å². The maximum absolute atomic E-state index is 6.11. The first kappa shape index (κ1) is 18.1. The zero-order valence-corrected chi connectivity index (χ0v) is 15.0. The van der Waals surface area contributed by atoms with E-state index in [4.69, 9.17) is 8.85 Å². The number of hydrogen-bond acceptors (Lipinski definition) is 2. The maximum Gasteiger partial charge on any atom is 0.347 e. The molecule has 1 unspecified atom stereocenters. The van der Waals surface area contributed by atoms with Crippen LogP contribution in [-0.4, -0.2) is 22.8 Å². The lowest BCUT2D eigenvalue weighted by molar-refractivity contribution is 0.167. The van der Waals surface area contributed by atoms with E-state index in [0.717, 1.165) is 0 Å². The molecule has 0 spiro atoms. The molecule has 0 rings (SSSR count). The average Bonchev–Trinajstić information content (AvgIpc) is 2.29. The van der Waals surface area contributed by atoms with Gasteiger partial charge in [-0.2, -0.15) is 0 Å². The fraction of sp³-hybridized carbons (Fsp3) is 1.00. The largest absolute Gasteiger partial charge is 0.397 e. The van der Waals surface area contributed by atoms with E-state index in [9.17, 15) is 0 Å². The van der Waals surface area contributed by atoms with Gasteiger partial charge in [0, 0.05) is 24.8 Å². The summed E-state index contributed by atoms with van der Waals surface area (Å²) in [6.07, 6.45) is 2.39. The lowest BCUT2D eigenvalue weighted by Crippen LogP contribution is -2.57. The molecule has 0 amide bonds. The van der Waals surface area contributed by atoms with Crippen LogP contribution in [0.25, 0.3) is 0 Å². The summed E-state index contributed by atoms with van der Waals surface area (Å²) in [5.74, 6) is 1.16. The normalized spacial score (nSPS) is 15.5. The maximum atomic E-state index is 6.11. The topological polar surface area (TPSA) is 18.5 Å². The minimum absolute atomic E-state index is 0.112. The molecule has 3 heteroatoms. The second-order valence-corrected chi connectivity index (χ2v) is 10.8. The summed E-state index contributed by atoms with van der Waals surface area (Å²) in [5.41, 5.74) is 0.551. The SMILES string of the molecule is CCCC(C(C)C)[Si](OC)(OC)C(C)(C)C(C)C. The first-order valence-corrected chi connectivity index (χ1v) is 9.20. The Morgan fingerprint density at radius 3 is 1.67 bits per heavy atom. The molecule has 18 heavy (non-hydrogen) atoms. The predicted octanol–water partition coefficient (Wildman–Crippen LogP) is 4.98. The molecule has 0 aliphatic rings. The van der Waals surface area contributed by atoms with Crippen molar-refractivity contribution < 1.29 is 8.85 Å². The highest BCUT2D eigenvalue weighted by Crippen LogP contribution is 2.53. The van der Waals surface area contributed by atoms with Crippen LogP contribution in [0.5, 0.6) is 0 Å². The van der Waals surface area contributed by atoms with E-state index >= 15 is 0 Å². The van der Waals surface area contributed by atoms with Crippen LogP contribution in [0.15, 0.2) is 0 Å². The highest BCUT2D eigenvalue weighted by molar-refractivity contribution is 6.72. The molecule has 0 N–H and O–H groups in total. The Morgan fingerprint density at radius 1 is 1.00 bits per heavy atom. The molecule has 0 aromatic rings. The van der Waals surface area contributed by atoms with Crippen LogP contribution >= 0.6 is 0 Å². The smallest absolute Gasteiger partial charge is 0.347 e. The van der Waals surface area contributed by atoms with E-state index in [-0.39, 0.29) is 5.04 Å². The molecule has 110 valence electrons. The highest BCUT2D eigenvalue weighted by Gasteiger charge is 2.57. The van der Waals surface area contributed by atoms with Crippen molar-refractivity contribution >= 4 is 8.56 Å². The van der Waals surface area contributed by atoms with Crippen LogP contribution in [0.4, 0.5) is 0 Å². The molecule has 0 saturated heterocycles. The highest BCUT2D eigenvalue weighted by atomic mass is 28.4. The van der Waals surface area contributed by atoms with Gasteiger partial charge in [0.25, 0.3) is 0 Å². The summed E-state index contributed by atoms with van der Waals surface area (Å²) in [6.45, 7) is 16.1. The Labute approximate surface area is 116 Å². The van der Waals surface area contributed by atoms with Crippen molar-refractivity contribution in [2.45, 2.75) is 71.9 Å². The van der Waals surface area contributed by atoms with E-state index in [2.05, 4.69) is 48.5 Å². The van der Waals surface area contributed by atoms with Gasteiger partial charge in [-0.05, 0) is 18.3 Å². The summed E-state index contributed by atoms with van der Waals surface area (Å²) < 4.78 is 12.2. The van der Waals surface area contributed by atoms with Crippen molar-refractivity contribution in [3.05, 3.63) is 0 Å². The van der Waals surface area contributed by atoms with Crippen LogP contribution in [0, 0.1) is 11.8 Å². The van der Waals surface area contributed by atoms with Crippen molar-refractivity contribution in [3.63, 3.8) is 0 Å². The summed E-state index contributed by atoms with van der Waals surface area (Å²) in [5, 5.41) is 0.112. The van der Waals surface area contributed by atoms with Gasteiger partial charge in [0.1, 0.15) is 0 Å².